The SMILES string of the molecule is Cc1cc(C)c(-n2ccn(P(C(C)(C)C)C(C)(C)C)[c]2=[Cr])c(C)c1. The molecular weight excluding hydrogens is 351 g/mol. The van der Waals surface area contributed by atoms with E-state index >= 15 is 0 Å². The summed E-state index contributed by atoms with van der Waals surface area (Å²) in [5.41, 5.74) is 5.26. The summed E-state index contributed by atoms with van der Waals surface area (Å²) in [6, 6.07) is 4.53. The fourth-order valence-corrected chi connectivity index (χ4v) is 8.38. The molecule has 0 aliphatic rings. The minimum absolute atomic E-state index is 0.237. The van der Waals surface area contributed by atoms with Gasteiger partial charge in [0.1, 0.15) is 0 Å². The summed E-state index contributed by atoms with van der Waals surface area (Å²) >= 11 is 3.35. The molecule has 1 aromatic carbocycles. The van der Waals surface area contributed by atoms with E-state index in [0.29, 0.717) is 0 Å². The van der Waals surface area contributed by atoms with Gasteiger partial charge in [0, 0.05) is 0 Å². The molecule has 0 spiro atoms. The number of hydrogen-bond donors (Lipinski definition) is 0. The van der Waals surface area contributed by atoms with Crippen LogP contribution in [0, 0.1) is 25.1 Å². The number of benzene rings is 1. The van der Waals surface area contributed by atoms with Crippen molar-refractivity contribution in [3.63, 3.8) is 0 Å². The maximum absolute atomic E-state index is 3.35. The van der Waals surface area contributed by atoms with Crippen molar-refractivity contribution >= 4 is 8.07 Å². The van der Waals surface area contributed by atoms with Crippen molar-refractivity contribution in [3.05, 3.63) is 45.5 Å². The minimum atomic E-state index is -0.389. The van der Waals surface area contributed by atoms with Gasteiger partial charge < -0.3 is 0 Å². The average molecular weight is 382 g/mol. The van der Waals surface area contributed by atoms with Crippen LogP contribution >= 0.6 is 8.07 Å². The first-order chi connectivity index (χ1) is 10.8. The van der Waals surface area contributed by atoms with Gasteiger partial charge in [-0.1, -0.05) is 0 Å². The fraction of sp³-hybridized carbons (Fsp3) is 0.550. The molecule has 0 unspecified atom stereocenters. The number of nitrogens with zero attached hydrogens (tertiary/aromatic N) is 2. The molecule has 0 saturated heterocycles. The second-order valence-corrected chi connectivity index (χ2v) is 13.0. The van der Waals surface area contributed by atoms with Gasteiger partial charge in [0.05, 0.1) is 0 Å². The van der Waals surface area contributed by atoms with Crippen LogP contribution in [-0.2, 0) is 15.9 Å². The Morgan fingerprint density at radius 3 is 1.71 bits per heavy atom. The second-order valence-electron chi connectivity index (χ2n) is 8.70. The molecule has 1 heterocycles. The number of imidazole rings is 1. The summed E-state index contributed by atoms with van der Waals surface area (Å²) in [6.07, 6.45) is 4.47. The van der Waals surface area contributed by atoms with Gasteiger partial charge in [-0.05, 0) is 0 Å². The van der Waals surface area contributed by atoms with Crippen LogP contribution in [0.3, 0.4) is 0 Å². The van der Waals surface area contributed by atoms with Crippen molar-refractivity contribution in [1.82, 2.24) is 8.90 Å². The van der Waals surface area contributed by atoms with E-state index in [4.69, 9.17) is 0 Å². The van der Waals surface area contributed by atoms with Crippen LogP contribution in [0.25, 0.3) is 5.69 Å². The van der Waals surface area contributed by atoms with Crippen LogP contribution in [0.1, 0.15) is 58.2 Å². The Labute approximate surface area is 156 Å². The van der Waals surface area contributed by atoms with Gasteiger partial charge >= 0.3 is 157 Å². The average Bonchev–Trinajstić information content (AvgIpc) is 2.67. The molecule has 0 amide bonds. The molecule has 4 heteroatoms. The third kappa shape index (κ3) is 3.80. The summed E-state index contributed by atoms with van der Waals surface area (Å²) < 4.78 is 5.99. The number of hydrogen-bond acceptors (Lipinski definition) is 0. The van der Waals surface area contributed by atoms with Gasteiger partial charge in [-0.3, -0.25) is 0 Å². The van der Waals surface area contributed by atoms with E-state index in [-0.39, 0.29) is 18.4 Å². The zero-order valence-electron chi connectivity index (χ0n) is 16.6. The van der Waals surface area contributed by atoms with E-state index in [1.807, 2.05) is 0 Å². The van der Waals surface area contributed by atoms with Gasteiger partial charge in [-0.15, -0.1) is 0 Å². The maximum atomic E-state index is 3.35. The first-order valence-corrected chi connectivity index (χ1v) is 10.5. The molecule has 2 rings (SSSR count). The van der Waals surface area contributed by atoms with Crippen molar-refractivity contribution in [2.45, 2.75) is 72.6 Å². The third-order valence-corrected chi connectivity index (χ3v) is 8.25. The van der Waals surface area contributed by atoms with Gasteiger partial charge in [0.2, 0.25) is 0 Å². The number of rotatable bonds is 2. The molecule has 0 radical (unpaired) electrons. The zero-order chi connectivity index (χ0) is 18.4. The molecule has 0 bridgehead atoms. The summed E-state index contributed by atoms with van der Waals surface area (Å²) in [6.45, 7) is 20.7. The van der Waals surface area contributed by atoms with E-state index in [0.717, 1.165) is 0 Å². The Balaban J connectivity index is 2.68. The van der Waals surface area contributed by atoms with Gasteiger partial charge in [-0.25, -0.2) is 0 Å². The Hall–Kier alpha value is -0.608. The molecule has 132 valence electrons. The standard InChI is InChI=1S/C20H31N2P.Cr/c1-15-12-16(2)18(17(3)13-15)21-10-11-22(14-21)23(19(4,5)6)20(7,8)9;/h10-13H,1-9H3;. The first kappa shape index (κ1) is 19.7. The Morgan fingerprint density at radius 1 is 0.833 bits per heavy atom. The predicted octanol–water partition coefficient (Wildman–Crippen LogP) is 6.12. The molecule has 0 atom stereocenters. The normalized spacial score (nSPS) is 12.9. The Morgan fingerprint density at radius 2 is 1.29 bits per heavy atom. The number of aryl methyl sites for hydroxylation is 3. The van der Waals surface area contributed by atoms with E-state index in [1.54, 1.807) is 0 Å². The third-order valence-electron chi connectivity index (χ3n) is 4.12. The van der Waals surface area contributed by atoms with E-state index in [1.165, 1.54) is 26.7 Å². The summed E-state index contributed by atoms with van der Waals surface area (Å²) in [5, 5.41) is 0.473. The molecular formula is C20H31CrN2P. The number of aromatic nitrogens is 2. The molecule has 0 aliphatic heterocycles. The van der Waals surface area contributed by atoms with Crippen LogP contribution in [0.2, 0.25) is 0 Å². The molecule has 0 N–H and O–H groups in total. The molecule has 0 aliphatic carbocycles. The van der Waals surface area contributed by atoms with Crippen LogP contribution in [-0.4, -0.2) is 19.2 Å². The predicted molar refractivity (Wildman–Crippen MR) is 103 cm³/mol. The van der Waals surface area contributed by atoms with Crippen molar-refractivity contribution in [2.75, 3.05) is 0 Å². The van der Waals surface area contributed by atoms with Gasteiger partial charge in [0.25, 0.3) is 0 Å². The first-order valence-electron chi connectivity index (χ1n) is 8.53. The molecule has 24 heavy (non-hydrogen) atoms. The van der Waals surface area contributed by atoms with E-state index < -0.39 is 0 Å². The van der Waals surface area contributed by atoms with E-state index in [2.05, 4.69) is 112 Å². The van der Waals surface area contributed by atoms with Crippen molar-refractivity contribution in [2.24, 2.45) is 0 Å². The van der Waals surface area contributed by atoms with Crippen LogP contribution in [0.15, 0.2) is 24.5 Å². The van der Waals surface area contributed by atoms with Crippen molar-refractivity contribution in [1.29, 1.82) is 0 Å². The molecule has 2 aromatic rings. The second kappa shape index (κ2) is 6.60. The molecule has 1 aromatic heterocycles. The van der Waals surface area contributed by atoms with Crippen molar-refractivity contribution in [3.8, 4) is 5.69 Å². The van der Waals surface area contributed by atoms with Gasteiger partial charge in [0.15, 0.2) is 0 Å². The summed E-state index contributed by atoms with van der Waals surface area (Å²) in [5.74, 6) is 0. The Bertz CT molecular complexity index is 763. The molecule has 2 nitrogen and oxygen atoms in total. The topological polar surface area (TPSA) is 9.86 Å². The summed E-state index contributed by atoms with van der Waals surface area (Å²) in [7, 11) is -0.389. The summed E-state index contributed by atoms with van der Waals surface area (Å²) in [4.78, 5) is 0. The van der Waals surface area contributed by atoms with Gasteiger partial charge in [-0.2, -0.15) is 0 Å². The van der Waals surface area contributed by atoms with Crippen LogP contribution < -0.4 is 0 Å². The fourth-order valence-electron chi connectivity index (χ4n) is 3.90. The molecule has 0 fully saturated rings. The monoisotopic (exact) mass is 382 g/mol. The van der Waals surface area contributed by atoms with Crippen LogP contribution in [0.5, 0.6) is 0 Å². The zero-order valence-corrected chi connectivity index (χ0v) is 18.7. The molecule has 0 saturated carbocycles. The quantitative estimate of drug-likeness (QED) is 0.554. The van der Waals surface area contributed by atoms with Crippen molar-refractivity contribution < 1.29 is 15.9 Å². The van der Waals surface area contributed by atoms with Crippen LogP contribution in [0.4, 0.5) is 0 Å². The Kier molecular flexibility index (Phi) is 5.42. The van der Waals surface area contributed by atoms with E-state index in [9.17, 15) is 0 Å².